The van der Waals surface area contributed by atoms with Gasteiger partial charge in [0.25, 0.3) is 0 Å². The van der Waals surface area contributed by atoms with E-state index in [0.717, 1.165) is 0 Å². The van der Waals surface area contributed by atoms with Gasteiger partial charge in [-0.1, -0.05) is 169 Å². The smallest absolute Gasteiger partial charge is 0.0635 e. The van der Waals surface area contributed by atoms with Crippen molar-refractivity contribution in [2.24, 2.45) is 0 Å². The summed E-state index contributed by atoms with van der Waals surface area (Å²) in [6.45, 7) is 14.0. The van der Waals surface area contributed by atoms with Gasteiger partial charge in [0.1, 0.15) is 0 Å². The van der Waals surface area contributed by atoms with Gasteiger partial charge in [-0.25, -0.2) is 0 Å². The zero-order valence-corrected chi connectivity index (χ0v) is 46.0. The van der Waals surface area contributed by atoms with Crippen LogP contribution in [-0.2, 0) is 10.8 Å². The Morgan fingerprint density at radius 2 is 0.667 bits per heavy atom. The van der Waals surface area contributed by atoms with E-state index in [2.05, 4.69) is 257 Å². The quantitative estimate of drug-likeness (QED) is 0.166. The average molecular weight is 1030 g/mol. The lowest BCUT2D eigenvalue weighted by Crippen LogP contribution is -2.16. The minimum atomic E-state index is 0.0183. The molecule has 11 aromatic carbocycles. The normalized spacial score (nSPS) is 13.0. The lowest BCUT2D eigenvalue weighted by Gasteiger charge is -2.26. The highest BCUT2D eigenvalue weighted by Gasteiger charge is 2.28. The number of hydrogen-bond acceptors (Lipinski definition) is 2. The summed E-state index contributed by atoms with van der Waals surface area (Å²) >= 11 is 3.88. The number of nitrogens with zero attached hydrogens (tertiary/aromatic N) is 2. The van der Waals surface area contributed by atoms with Gasteiger partial charge in [-0.2, -0.15) is 0 Å². The van der Waals surface area contributed by atoms with Crippen LogP contribution >= 0.6 is 22.7 Å². The van der Waals surface area contributed by atoms with E-state index in [1.165, 1.54) is 172 Å². The van der Waals surface area contributed by atoms with Crippen LogP contribution in [0.4, 0.5) is 0 Å². The summed E-state index contributed by atoms with van der Waals surface area (Å²) < 4.78 is 10.6. The van der Waals surface area contributed by atoms with Crippen LogP contribution in [0.25, 0.3) is 161 Å². The number of benzene rings is 11. The fraction of sp³-hybridized carbons (Fsp3) is 0.108. The molecule has 0 aliphatic carbocycles. The van der Waals surface area contributed by atoms with Gasteiger partial charge in [-0.05, 0) is 145 Å². The van der Waals surface area contributed by atoms with Crippen LogP contribution in [0.3, 0.4) is 0 Å². The third kappa shape index (κ3) is 6.19. The molecule has 0 saturated heterocycles. The second kappa shape index (κ2) is 15.6. The fourth-order valence-corrected chi connectivity index (χ4v) is 15.9. The van der Waals surface area contributed by atoms with Gasteiger partial charge >= 0.3 is 0 Å². The van der Waals surface area contributed by atoms with Crippen molar-refractivity contribution in [2.75, 3.05) is 0 Å². The van der Waals surface area contributed by atoms with Crippen molar-refractivity contribution >= 4 is 139 Å². The zero-order valence-electron chi connectivity index (χ0n) is 44.3. The summed E-state index contributed by atoms with van der Waals surface area (Å²) in [6.07, 6.45) is 0. The maximum Gasteiger partial charge on any atom is 0.0635 e. The molecule has 0 saturated carbocycles. The third-order valence-electron chi connectivity index (χ3n) is 17.4. The van der Waals surface area contributed by atoms with Crippen molar-refractivity contribution in [1.82, 2.24) is 8.80 Å². The van der Waals surface area contributed by atoms with Gasteiger partial charge in [-0.15, -0.1) is 22.7 Å². The molecular formula is C74H52N2S2. The molecule has 78 heavy (non-hydrogen) atoms. The number of rotatable bonds is 4. The highest BCUT2D eigenvalue weighted by molar-refractivity contribution is 7.27. The minimum Gasteiger partial charge on any atom is -0.308 e. The van der Waals surface area contributed by atoms with Gasteiger partial charge < -0.3 is 8.80 Å². The Labute approximate surface area is 459 Å². The Bertz CT molecular complexity index is 5290. The number of hydrogen-bond donors (Lipinski definition) is 0. The summed E-state index contributed by atoms with van der Waals surface area (Å²) in [4.78, 5) is 0. The Morgan fingerprint density at radius 3 is 1.10 bits per heavy atom. The molecule has 0 radical (unpaired) electrons. The van der Waals surface area contributed by atoms with Crippen LogP contribution in [-0.4, -0.2) is 8.80 Å². The second-order valence-electron chi connectivity index (χ2n) is 24.1. The highest BCUT2D eigenvalue weighted by Crippen LogP contribution is 2.53. The lowest BCUT2D eigenvalue weighted by atomic mass is 9.79. The van der Waals surface area contributed by atoms with Gasteiger partial charge in [-0.3, -0.25) is 0 Å². The zero-order chi connectivity index (χ0) is 52.1. The van der Waals surface area contributed by atoms with Crippen LogP contribution in [0.15, 0.2) is 206 Å². The summed E-state index contributed by atoms with van der Waals surface area (Å²) in [5.41, 5.74) is 20.3. The van der Waals surface area contributed by atoms with Crippen molar-refractivity contribution in [2.45, 2.75) is 52.4 Å². The van der Waals surface area contributed by atoms with E-state index in [0.29, 0.717) is 0 Å². The number of fused-ring (bicyclic) bond motifs is 20. The van der Waals surface area contributed by atoms with E-state index in [1.54, 1.807) is 0 Å². The topological polar surface area (TPSA) is 8.82 Å². The molecule has 370 valence electrons. The Kier molecular flexibility index (Phi) is 8.90. The van der Waals surface area contributed by atoms with Crippen LogP contribution in [0.2, 0.25) is 0 Å². The summed E-state index contributed by atoms with van der Waals surface area (Å²) in [7, 11) is 0. The molecule has 6 aromatic heterocycles. The van der Waals surface area contributed by atoms with E-state index >= 15 is 0 Å². The summed E-state index contributed by atoms with van der Waals surface area (Å²) in [6, 6.07) is 78.9. The van der Waals surface area contributed by atoms with Crippen molar-refractivity contribution in [3.63, 3.8) is 0 Å². The molecule has 17 rings (SSSR count). The first-order valence-electron chi connectivity index (χ1n) is 27.4. The van der Waals surface area contributed by atoms with Gasteiger partial charge in [0.15, 0.2) is 0 Å². The monoisotopic (exact) mass is 1030 g/mol. The van der Waals surface area contributed by atoms with E-state index < -0.39 is 0 Å². The number of thiophene rings is 2. The molecule has 0 N–H and O–H groups in total. The molecule has 6 heterocycles. The molecule has 0 fully saturated rings. The highest BCUT2D eigenvalue weighted by atomic mass is 32.1. The van der Waals surface area contributed by atoms with E-state index in [4.69, 9.17) is 0 Å². The second-order valence-corrected chi connectivity index (χ2v) is 26.2. The third-order valence-corrected chi connectivity index (χ3v) is 19.8. The van der Waals surface area contributed by atoms with Crippen LogP contribution in [0.1, 0.15) is 52.7 Å². The average Bonchev–Trinajstić information content (AvgIpc) is 2.85. The molecule has 0 bridgehead atoms. The predicted molar refractivity (Wildman–Crippen MR) is 341 cm³/mol. The Hall–Kier alpha value is -8.54. The van der Waals surface area contributed by atoms with E-state index in [1.807, 2.05) is 22.7 Å². The number of aromatic nitrogens is 2. The van der Waals surface area contributed by atoms with Crippen LogP contribution < -0.4 is 0 Å². The lowest BCUT2D eigenvalue weighted by molar-refractivity contribution is 0.569. The molecule has 0 spiro atoms. The van der Waals surface area contributed by atoms with Crippen molar-refractivity contribution in [1.29, 1.82) is 0 Å². The summed E-state index contributed by atoms with van der Waals surface area (Å²) in [5, 5.41) is 15.8. The molecular weight excluding hydrogens is 981 g/mol. The van der Waals surface area contributed by atoms with E-state index in [-0.39, 0.29) is 10.8 Å². The van der Waals surface area contributed by atoms with Crippen molar-refractivity contribution < 1.29 is 0 Å². The first kappa shape index (κ1) is 44.6. The Morgan fingerprint density at radius 1 is 0.269 bits per heavy atom. The van der Waals surface area contributed by atoms with Crippen molar-refractivity contribution in [3.8, 4) is 44.5 Å². The Balaban J connectivity index is 0.969. The maximum absolute atomic E-state index is 2.62. The maximum atomic E-state index is 2.62. The van der Waals surface area contributed by atoms with Gasteiger partial charge in [0, 0.05) is 83.4 Å². The van der Waals surface area contributed by atoms with Gasteiger partial charge in [0.05, 0.1) is 33.1 Å². The molecule has 17 aromatic rings. The molecule has 4 heteroatoms. The molecule has 2 nitrogen and oxygen atoms in total. The van der Waals surface area contributed by atoms with Crippen LogP contribution in [0, 0.1) is 0 Å². The molecule has 0 unspecified atom stereocenters. The molecule has 0 aliphatic rings. The SMILES string of the molecule is CC(C)(C)c1cc(-c2ccc3c(c2)c2c4sc5ccccc5c4cc4c5cc6c(cc5n3c42)c2cc3c4ccccc4sc3c3c4cc(-c5cc(-c7ccccc7)cc(-c7ccccc7)c5)ccc4n6c23)cc(C(C)(C)C)c1. The van der Waals surface area contributed by atoms with E-state index in [9.17, 15) is 0 Å². The standard InChI is InChI=1S/C74H52N2S2/c1-73(2,3)49-32-48(33-50(36-49)74(4,5)6)44-26-28-62-60(35-44)68-70-56(38-58-52-22-14-16-24-66(52)78-72(58)68)54-39-63-53(40-64(54)76(62)70)55-37-57-51-21-13-15-23-65(51)77-71(57)67-59-34-43(25-27-61(59)75(63)69(55)67)47-30-45(41-17-9-7-10-18-41)29-46(31-47)42-19-11-8-12-20-42/h7-40H,1-6H3. The van der Waals surface area contributed by atoms with Crippen LogP contribution in [0.5, 0.6) is 0 Å². The fourth-order valence-electron chi connectivity index (χ4n) is 13.5. The predicted octanol–water partition coefficient (Wildman–Crippen LogP) is 22.0. The largest absolute Gasteiger partial charge is 0.308 e. The minimum absolute atomic E-state index is 0.0183. The molecule has 0 amide bonds. The first-order chi connectivity index (χ1) is 37.9. The molecule has 0 atom stereocenters. The van der Waals surface area contributed by atoms with Crippen molar-refractivity contribution in [3.05, 3.63) is 217 Å². The van der Waals surface area contributed by atoms with Gasteiger partial charge in [0.2, 0.25) is 0 Å². The first-order valence-corrected chi connectivity index (χ1v) is 29.0. The summed E-state index contributed by atoms with van der Waals surface area (Å²) in [5.74, 6) is 0. The molecule has 0 aliphatic heterocycles.